The molecule has 0 aromatic rings. The molecule has 0 heterocycles. The van der Waals surface area contributed by atoms with E-state index in [1.165, 1.54) is 6.92 Å². The molecule has 0 rings (SSSR count). The third-order valence-electron chi connectivity index (χ3n) is 1.71. The number of carbonyl (C=O) groups is 1. The Morgan fingerprint density at radius 1 is 1.46 bits per heavy atom. The molecule has 1 atom stereocenters. The van der Waals surface area contributed by atoms with Gasteiger partial charge in [-0.3, -0.25) is 4.79 Å². The van der Waals surface area contributed by atoms with Crippen LogP contribution in [0.3, 0.4) is 0 Å². The van der Waals surface area contributed by atoms with E-state index in [0.29, 0.717) is 6.42 Å². The van der Waals surface area contributed by atoms with Crippen molar-refractivity contribution >= 4 is 5.78 Å². The van der Waals surface area contributed by atoms with Crippen LogP contribution in [-0.4, -0.2) is 17.0 Å². The number of hydrogen-bond acceptors (Lipinski definition) is 2. The van der Waals surface area contributed by atoms with Crippen LogP contribution in [0.2, 0.25) is 0 Å². The van der Waals surface area contributed by atoms with Gasteiger partial charge in [0.2, 0.25) is 0 Å². The van der Waals surface area contributed by atoms with E-state index in [1.54, 1.807) is 6.08 Å². The van der Waals surface area contributed by atoms with E-state index in [2.05, 4.69) is 6.58 Å². The Labute approximate surface area is 80.0 Å². The molecular formula is C11H18O2. The van der Waals surface area contributed by atoms with Gasteiger partial charge in [-0.1, -0.05) is 17.7 Å². The second-order valence-electron chi connectivity index (χ2n) is 3.34. The van der Waals surface area contributed by atoms with Crippen molar-refractivity contribution in [2.75, 3.05) is 0 Å². The van der Waals surface area contributed by atoms with E-state index >= 15 is 0 Å². The molecule has 0 aliphatic heterocycles. The molecule has 74 valence electrons. The number of ketones is 1. The highest BCUT2D eigenvalue weighted by Gasteiger charge is 2.07. The Bertz CT molecular complexity index is 204. The van der Waals surface area contributed by atoms with Crippen molar-refractivity contribution in [2.45, 2.75) is 39.2 Å². The minimum absolute atomic E-state index is 0.0315. The van der Waals surface area contributed by atoms with Crippen molar-refractivity contribution in [2.24, 2.45) is 0 Å². The summed E-state index contributed by atoms with van der Waals surface area (Å²) in [6.07, 6.45) is 4.93. The quantitative estimate of drug-likeness (QED) is 0.640. The Balaban J connectivity index is 3.82. The van der Waals surface area contributed by atoms with Crippen LogP contribution in [-0.2, 0) is 4.79 Å². The predicted molar refractivity (Wildman–Crippen MR) is 54.5 cm³/mol. The maximum Gasteiger partial charge on any atom is 0.132 e. The first kappa shape index (κ1) is 12.1. The lowest BCUT2D eigenvalue weighted by molar-refractivity contribution is -0.118. The van der Waals surface area contributed by atoms with Gasteiger partial charge in [-0.05, 0) is 26.7 Å². The second kappa shape index (κ2) is 6.61. The Kier molecular flexibility index (Phi) is 6.15. The first-order valence-corrected chi connectivity index (χ1v) is 4.50. The molecular weight excluding hydrogens is 164 g/mol. The molecule has 2 nitrogen and oxygen atoms in total. The molecule has 0 aliphatic carbocycles. The first-order chi connectivity index (χ1) is 6.06. The summed E-state index contributed by atoms with van der Waals surface area (Å²) in [6.45, 7) is 7.04. The zero-order chi connectivity index (χ0) is 10.3. The van der Waals surface area contributed by atoms with E-state index in [1.807, 2.05) is 13.0 Å². The van der Waals surface area contributed by atoms with Crippen molar-refractivity contribution in [3.05, 3.63) is 24.3 Å². The average molecular weight is 182 g/mol. The van der Waals surface area contributed by atoms with Gasteiger partial charge in [-0.2, -0.15) is 0 Å². The molecule has 0 bridgehead atoms. The molecule has 0 aliphatic rings. The fourth-order valence-electron chi connectivity index (χ4n) is 1.14. The van der Waals surface area contributed by atoms with Gasteiger partial charge in [-0.25, -0.2) is 0 Å². The van der Waals surface area contributed by atoms with E-state index < -0.39 is 6.10 Å². The van der Waals surface area contributed by atoms with Crippen molar-refractivity contribution < 1.29 is 9.90 Å². The molecule has 0 amide bonds. The smallest absolute Gasteiger partial charge is 0.132 e. The summed E-state index contributed by atoms with van der Waals surface area (Å²) in [4.78, 5) is 10.7. The highest BCUT2D eigenvalue weighted by molar-refractivity contribution is 5.75. The lowest BCUT2D eigenvalue weighted by atomic mass is 10.0. The van der Waals surface area contributed by atoms with Gasteiger partial charge in [0, 0.05) is 6.42 Å². The molecule has 0 spiro atoms. The van der Waals surface area contributed by atoms with Gasteiger partial charge < -0.3 is 5.11 Å². The molecule has 0 aromatic carbocycles. The zero-order valence-electron chi connectivity index (χ0n) is 8.42. The normalized spacial score (nSPS) is 13.9. The Hall–Kier alpha value is -0.890. The summed E-state index contributed by atoms with van der Waals surface area (Å²) in [5, 5.41) is 9.40. The minimum Gasteiger partial charge on any atom is -0.392 e. The molecule has 13 heavy (non-hydrogen) atoms. The van der Waals surface area contributed by atoms with Gasteiger partial charge in [-0.15, -0.1) is 6.58 Å². The molecule has 1 N–H and O–H groups in total. The summed E-state index contributed by atoms with van der Waals surface area (Å²) in [6, 6.07) is 0. The second-order valence-corrected chi connectivity index (χ2v) is 3.34. The fraction of sp³-hybridized carbons (Fsp3) is 0.545. The molecule has 0 unspecified atom stereocenters. The summed E-state index contributed by atoms with van der Waals surface area (Å²) in [5.74, 6) is 0.0315. The number of aliphatic hydroxyl groups is 1. The van der Waals surface area contributed by atoms with Crippen LogP contribution in [0, 0.1) is 0 Å². The van der Waals surface area contributed by atoms with Gasteiger partial charge in [0.15, 0.2) is 0 Å². The molecule has 0 radical (unpaired) electrons. The highest BCUT2D eigenvalue weighted by atomic mass is 16.3. The van der Waals surface area contributed by atoms with E-state index in [4.69, 9.17) is 0 Å². The number of rotatable bonds is 6. The van der Waals surface area contributed by atoms with Gasteiger partial charge >= 0.3 is 0 Å². The number of aliphatic hydroxyl groups excluding tert-OH is 1. The number of carbonyl (C=O) groups excluding carboxylic acids is 1. The summed E-state index contributed by atoms with van der Waals surface area (Å²) in [7, 11) is 0. The van der Waals surface area contributed by atoms with Gasteiger partial charge in [0.25, 0.3) is 0 Å². The van der Waals surface area contributed by atoms with Gasteiger partial charge in [0.05, 0.1) is 6.10 Å². The summed E-state index contributed by atoms with van der Waals surface area (Å²) < 4.78 is 0. The highest BCUT2D eigenvalue weighted by Crippen LogP contribution is 2.08. The minimum atomic E-state index is -0.529. The molecule has 2 heteroatoms. The topological polar surface area (TPSA) is 37.3 Å². The van der Waals surface area contributed by atoms with Crippen LogP contribution in [0.1, 0.15) is 33.1 Å². The summed E-state index contributed by atoms with van der Waals surface area (Å²) in [5.41, 5.74) is 1.11. The number of hydrogen-bond donors (Lipinski definition) is 1. The van der Waals surface area contributed by atoms with Crippen molar-refractivity contribution in [1.82, 2.24) is 0 Å². The largest absolute Gasteiger partial charge is 0.392 e. The van der Waals surface area contributed by atoms with Crippen molar-refractivity contribution in [3.63, 3.8) is 0 Å². The van der Waals surface area contributed by atoms with Crippen LogP contribution >= 0.6 is 0 Å². The van der Waals surface area contributed by atoms with Crippen LogP contribution in [0.5, 0.6) is 0 Å². The standard InChI is InChI=1S/C11H18O2/c1-4-5-6-9(2)7-11(13)8-10(3)12/h4,6,11,13H,1,5,7-8H2,2-3H3/b9-6+/t11-/m1/s1. The lowest BCUT2D eigenvalue weighted by Crippen LogP contribution is -2.11. The van der Waals surface area contributed by atoms with E-state index in [0.717, 1.165) is 12.0 Å². The van der Waals surface area contributed by atoms with E-state index in [9.17, 15) is 9.90 Å². The van der Waals surface area contributed by atoms with E-state index in [-0.39, 0.29) is 12.2 Å². The number of Topliss-reactive ketones (excluding diaryl/α,β-unsaturated/α-hetero) is 1. The third-order valence-corrected chi connectivity index (χ3v) is 1.71. The summed E-state index contributed by atoms with van der Waals surface area (Å²) >= 11 is 0. The van der Waals surface area contributed by atoms with Crippen molar-refractivity contribution in [1.29, 1.82) is 0 Å². The maximum absolute atomic E-state index is 10.7. The molecule has 0 saturated carbocycles. The predicted octanol–water partition coefficient (Wildman–Crippen LogP) is 2.24. The maximum atomic E-state index is 10.7. The number of allylic oxidation sites excluding steroid dienone is 2. The average Bonchev–Trinajstić information content (AvgIpc) is 1.98. The molecule has 0 aromatic heterocycles. The Morgan fingerprint density at radius 3 is 2.54 bits per heavy atom. The lowest BCUT2D eigenvalue weighted by Gasteiger charge is -2.08. The zero-order valence-corrected chi connectivity index (χ0v) is 8.42. The first-order valence-electron chi connectivity index (χ1n) is 4.50. The van der Waals surface area contributed by atoms with Crippen LogP contribution in [0.25, 0.3) is 0 Å². The van der Waals surface area contributed by atoms with Crippen LogP contribution in [0.15, 0.2) is 24.3 Å². The molecule has 0 fully saturated rings. The third kappa shape index (κ3) is 7.47. The fourth-order valence-corrected chi connectivity index (χ4v) is 1.14. The molecule has 0 saturated heterocycles. The SMILES string of the molecule is C=CC/C=C(\C)C[C@@H](O)CC(C)=O. The van der Waals surface area contributed by atoms with Gasteiger partial charge in [0.1, 0.15) is 5.78 Å². The van der Waals surface area contributed by atoms with Crippen LogP contribution in [0.4, 0.5) is 0 Å². The Morgan fingerprint density at radius 2 is 2.08 bits per heavy atom. The van der Waals surface area contributed by atoms with Crippen LogP contribution < -0.4 is 0 Å². The van der Waals surface area contributed by atoms with Crippen molar-refractivity contribution in [3.8, 4) is 0 Å². The monoisotopic (exact) mass is 182 g/mol.